The zero-order valence-electron chi connectivity index (χ0n) is 17.9. The average Bonchev–Trinajstić information content (AvgIpc) is 3.20. The number of benzene rings is 2. The highest BCUT2D eigenvalue weighted by Crippen LogP contribution is 2.31. The van der Waals surface area contributed by atoms with Gasteiger partial charge in [0, 0.05) is 19.2 Å². The fraction of sp³-hybridized carbons (Fsp3) is 0.348. The summed E-state index contributed by atoms with van der Waals surface area (Å²) in [4.78, 5) is 14.4. The van der Waals surface area contributed by atoms with Gasteiger partial charge >= 0.3 is 0 Å². The molecular formula is C23H26N4O3S. The molecule has 1 aliphatic rings. The lowest BCUT2D eigenvalue weighted by Crippen LogP contribution is -2.42. The van der Waals surface area contributed by atoms with E-state index in [2.05, 4.69) is 34.7 Å². The Morgan fingerprint density at radius 2 is 1.90 bits per heavy atom. The number of rotatable bonds is 7. The second-order valence-electron chi connectivity index (χ2n) is 7.43. The minimum absolute atomic E-state index is 0.00977. The van der Waals surface area contributed by atoms with Crippen molar-refractivity contribution >= 4 is 17.7 Å². The van der Waals surface area contributed by atoms with Crippen LogP contribution < -0.4 is 9.47 Å². The number of aromatic nitrogens is 3. The van der Waals surface area contributed by atoms with Gasteiger partial charge in [0.05, 0.1) is 12.3 Å². The third kappa shape index (κ3) is 4.69. The van der Waals surface area contributed by atoms with Crippen molar-refractivity contribution in [2.45, 2.75) is 31.7 Å². The summed E-state index contributed by atoms with van der Waals surface area (Å²) in [5.41, 5.74) is 2.20. The number of hydrogen-bond acceptors (Lipinski definition) is 6. The highest BCUT2D eigenvalue weighted by molar-refractivity contribution is 7.99. The summed E-state index contributed by atoms with van der Waals surface area (Å²) < 4.78 is 13.8. The maximum Gasteiger partial charge on any atom is 0.232 e. The summed E-state index contributed by atoms with van der Waals surface area (Å²) in [7, 11) is 1.79. The lowest BCUT2D eigenvalue weighted by molar-refractivity contribution is -0.128. The highest BCUT2D eigenvalue weighted by Gasteiger charge is 2.24. The van der Waals surface area contributed by atoms with Crippen LogP contribution in [0.3, 0.4) is 0 Å². The predicted octanol–water partition coefficient (Wildman–Crippen LogP) is 3.66. The van der Waals surface area contributed by atoms with Crippen LogP contribution in [0.1, 0.15) is 12.5 Å². The number of para-hydroxylation sites is 2. The van der Waals surface area contributed by atoms with E-state index >= 15 is 0 Å². The molecule has 7 nitrogen and oxygen atoms in total. The second-order valence-corrected chi connectivity index (χ2v) is 8.37. The smallest absolute Gasteiger partial charge is 0.232 e. The Labute approximate surface area is 186 Å². The van der Waals surface area contributed by atoms with Gasteiger partial charge in [0.25, 0.3) is 0 Å². The molecule has 0 radical (unpaired) electrons. The van der Waals surface area contributed by atoms with Crippen molar-refractivity contribution in [1.82, 2.24) is 19.7 Å². The van der Waals surface area contributed by atoms with Crippen LogP contribution in [0, 0.1) is 6.92 Å². The van der Waals surface area contributed by atoms with Gasteiger partial charge in [-0.05, 0) is 31.5 Å². The first-order valence-electron chi connectivity index (χ1n) is 10.3. The summed E-state index contributed by atoms with van der Waals surface area (Å²) >= 11 is 1.41. The van der Waals surface area contributed by atoms with Crippen LogP contribution in [0.4, 0.5) is 0 Å². The molecular weight excluding hydrogens is 412 g/mol. The Hall–Kier alpha value is -3.00. The fourth-order valence-corrected chi connectivity index (χ4v) is 4.44. The number of amides is 1. The molecule has 2 aromatic carbocycles. The van der Waals surface area contributed by atoms with E-state index in [1.165, 1.54) is 11.8 Å². The van der Waals surface area contributed by atoms with Gasteiger partial charge in [0.1, 0.15) is 6.61 Å². The Bertz CT molecular complexity index is 1070. The lowest BCUT2D eigenvalue weighted by atomic mass is 10.1. The predicted molar refractivity (Wildman–Crippen MR) is 121 cm³/mol. The van der Waals surface area contributed by atoms with Gasteiger partial charge in [0.15, 0.2) is 28.6 Å². The number of aryl methyl sites for hydroxylation is 1. The van der Waals surface area contributed by atoms with Crippen LogP contribution in [0.2, 0.25) is 0 Å². The standard InChI is InChI=1S/C23H26N4O3S/c1-4-27-22(18-10-6-5-9-16(18)2)24-25-23(27)31-15-21(28)26(3)13-17-14-29-19-11-7-8-12-20(19)30-17/h5-12,17H,4,13-15H2,1-3H3. The number of likely N-dealkylation sites (N-methyl/N-ethyl adjacent to an activating group) is 1. The molecule has 0 N–H and O–H groups in total. The maximum atomic E-state index is 12.7. The number of ether oxygens (including phenoxy) is 2. The number of nitrogens with zero attached hydrogens (tertiary/aromatic N) is 4. The molecule has 1 aromatic heterocycles. The van der Waals surface area contributed by atoms with E-state index < -0.39 is 0 Å². The quantitative estimate of drug-likeness (QED) is 0.525. The topological polar surface area (TPSA) is 69.5 Å². The highest BCUT2D eigenvalue weighted by atomic mass is 32.2. The molecule has 31 heavy (non-hydrogen) atoms. The molecule has 0 fully saturated rings. The molecule has 1 aliphatic heterocycles. The molecule has 162 valence electrons. The third-order valence-electron chi connectivity index (χ3n) is 5.21. The van der Waals surface area contributed by atoms with E-state index in [1.807, 2.05) is 42.5 Å². The van der Waals surface area contributed by atoms with Crippen LogP contribution in [-0.4, -0.2) is 57.6 Å². The minimum atomic E-state index is -0.194. The second kappa shape index (κ2) is 9.43. The van der Waals surface area contributed by atoms with E-state index in [4.69, 9.17) is 9.47 Å². The number of fused-ring (bicyclic) bond motifs is 1. The van der Waals surface area contributed by atoms with Crippen molar-refractivity contribution < 1.29 is 14.3 Å². The molecule has 0 spiro atoms. The molecule has 1 atom stereocenters. The molecule has 4 rings (SSSR count). The normalized spacial score (nSPS) is 15.0. The first-order chi connectivity index (χ1) is 15.1. The molecule has 0 saturated carbocycles. The van der Waals surface area contributed by atoms with E-state index in [9.17, 15) is 4.79 Å². The number of thioether (sulfide) groups is 1. The van der Waals surface area contributed by atoms with E-state index in [1.54, 1.807) is 11.9 Å². The molecule has 0 saturated heterocycles. The zero-order chi connectivity index (χ0) is 21.8. The Kier molecular flexibility index (Phi) is 6.46. The summed E-state index contributed by atoms with van der Waals surface area (Å²) in [6, 6.07) is 15.7. The Morgan fingerprint density at radius 3 is 2.68 bits per heavy atom. The van der Waals surface area contributed by atoms with Crippen LogP contribution in [0.15, 0.2) is 53.7 Å². The first kappa shape index (κ1) is 21.2. The average molecular weight is 439 g/mol. The summed E-state index contributed by atoms with van der Waals surface area (Å²) in [6.45, 7) is 5.73. The van der Waals surface area contributed by atoms with Gasteiger partial charge in [-0.3, -0.25) is 4.79 Å². The van der Waals surface area contributed by atoms with E-state index in [0.717, 1.165) is 34.4 Å². The summed E-state index contributed by atoms with van der Waals surface area (Å²) in [5.74, 6) is 2.58. The van der Waals surface area contributed by atoms with Gasteiger partial charge in [-0.2, -0.15) is 0 Å². The Morgan fingerprint density at radius 1 is 1.16 bits per heavy atom. The molecule has 8 heteroatoms. The molecule has 0 aliphatic carbocycles. The van der Waals surface area contributed by atoms with Crippen LogP contribution in [0.5, 0.6) is 11.5 Å². The van der Waals surface area contributed by atoms with Gasteiger partial charge in [-0.25, -0.2) is 0 Å². The zero-order valence-corrected chi connectivity index (χ0v) is 18.8. The molecule has 1 amide bonds. The van der Waals surface area contributed by atoms with Crippen molar-refractivity contribution in [2.24, 2.45) is 0 Å². The summed E-state index contributed by atoms with van der Waals surface area (Å²) in [5, 5.41) is 9.47. The maximum absolute atomic E-state index is 12.7. The van der Waals surface area contributed by atoms with Crippen molar-refractivity contribution in [3.63, 3.8) is 0 Å². The monoisotopic (exact) mass is 438 g/mol. The first-order valence-corrected chi connectivity index (χ1v) is 11.3. The minimum Gasteiger partial charge on any atom is -0.486 e. The fourth-order valence-electron chi connectivity index (χ4n) is 3.50. The van der Waals surface area contributed by atoms with Gasteiger partial charge in [-0.1, -0.05) is 48.2 Å². The summed E-state index contributed by atoms with van der Waals surface area (Å²) in [6.07, 6.45) is -0.194. The van der Waals surface area contributed by atoms with Crippen LogP contribution >= 0.6 is 11.8 Å². The largest absolute Gasteiger partial charge is 0.486 e. The van der Waals surface area contributed by atoms with Gasteiger partial charge in [0.2, 0.25) is 5.91 Å². The van der Waals surface area contributed by atoms with Crippen molar-refractivity contribution in [3.05, 3.63) is 54.1 Å². The molecule has 0 bridgehead atoms. The molecule has 2 heterocycles. The van der Waals surface area contributed by atoms with Crippen molar-refractivity contribution in [1.29, 1.82) is 0 Å². The van der Waals surface area contributed by atoms with Crippen molar-refractivity contribution in [3.8, 4) is 22.9 Å². The SMILES string of the molecule is CCn1c(SCC(=O)N(C)CC2COc3ccccc3O2)nnc1-c1ccccc1C. The number of carbonyl (C=O) groups excluding carboxylic acids is 1. The molecule has 3 aromatic rings. The number of hydrogen-bond donors (Lipinski definition) is 0. The van der Waals surface area contributed by atoms with Crippen LogP contribution in [-0.2, 0) is 11.3 Å². The Balaban J connectivity index is 1.36. The van der Waals surface area contributed by atoms with Gasteiger partial charge in [-0.15, -0.1) is 10.2 Å². The van der Waals surface area contributed by atoms with Crippen LogP contribution in [0.25, 0.3) is 11.4 Å². The molecule has 1 unspecified atom stereocenters. The van der Waals surface area contributed by atoms with Crippen molar-refractivity contribution in [2.75, 3.05) is 26.0 Å². The third-order valence-corrected chi connectivity index (χ3v) is 6.17. The number of carbonyl (C=O) groups is 1. The van der Waals surface area contributed by atoms with E-state index in [0.29, 0.717) is 18.9 Å². The lowest BCUT2D eigenvalue weighted by Gasteiger charge is -2.29. The van der Waals surface area contributed by atoms with Gasteiger partial charge < -0.3 is 18.9 Å². The van der Waals surface area contributed by atoms with E-state index in [-0.39, 0.29) is 17.8 Å².